The molecule has 114 valence electrons. The minimum atomic E-state index is -0.246. The third kappa shape index (κ3) is 4.00. The van der Waals surface area contributed by atoms with E-state index in [0.717, 1.165) is 17.9 Å². The number of carbonyl (C=O) groups is 1. The summed E-state index contributed by atoms with van der Waals surface area (Å²) in [4.78, 5) is 24.3. The molecule has 1 N–H and O–H groups in total. The van der Waals surface area contributed by atoms with Crippen molar-refractivity contribution >= 4 is 5.91 Å². The van der Waals surface area contributed by atoms with Crippen LogP contribution in [0.25, 0.3) is 0 Å². The van der Waals surface area contributed by atoms with Gasteiger partial charge in [0.25, 0.3) is 5.91 Å². The first kappa shape index (κ1) is 14.4. The Bertz CT molecular complexity index is 653. The number of hydrogen-bond donors (Lipinski definition) is 1. The van der Waals surface area contributed by atoms with Crippen molar-refractivity contribution in [3.8, 4) is 5.88 Å². The summed E-state index contributed by atoms with van der Waals surface area (Å²) in [7, 11) is 0. The van der Waals surface area contributed by atoms with E-state index in [1.54, 1.807) is 12.4 Å². The number of aromatic nitrogens is 3. The molecule has 0 atom stereocenters. The number of ether oxygens (including phenoxy) is 1. The Morgan fingerprint density at radius 2 is 2.18 bits per heavy atom. The van der Waals surface area contributed by atoms with Crippen LogP contribution >= 0.6 is 0 Å². The van der Waals surface area contributed by atoms with Crippen LogP contribution in [0, 0.1) is 12.8 Å². The minimum absolute atomic E-state index is 0.246. The van der Waals surface area contributed by atoms with Crippen molar-refractivity contribution in [1.29, 1.82) is 0 Å². The highest BCUT2D eigenvalue weighted by Crippen LogP contribution is 2.29. The fourth-order valence-corrected chi connectivity index (χ4v) is 1.91. The fourth-order valence-electron chi connectivity index (χ4n) is 1.91. The smallest absolute Gasteiger partial charge is 0.271 e. The number of amides is 1. The molecule has 2 heterocycles. The summed E-state index contributed by atoms with van der Waals surface area (Å²) < 4.78 is 5.63. The molecule has 1 saturated carbocycles. The normalized spacial score (nSPS) is 13.7. The van der Waals surface area contributed by atoms with E-state index in [1.165, 1.54) is 19.0 Å². The van der Waals surface area contributed by atoms with Crippen LogP contribution in [0.4, 0.5) is 0 Å². The van der Waals surface area contributed by atoms with Crippen molar-refractivity contribution in [1.82, 2.24) is 20.3 Å². The molecule has 2 aromatic heterocycles. The molecule has 1 fully saturated rings. The van der Waals surface area contributed by atoms with Gasteiger partial charge >= 0.3 is 0 Å². The highest BCUT2D eigenvalue weighted by molar-refractivity contribution is 5.91. The van der Waals surface area contributed by atoms with Crippen molar-refractivity contribution in [2.24, 2.45) is 5.92 Å². The van der Waals surface area contributed by atoms with Gasteiger partial charge in [-0.3, -0.25) is 9.78 Å². The molecule has 0 saturated heterocycles. The highest BCUT2D eigenvalue weighted by atomic mass is 16.5. The Morgan fingerprint density at radius 3 is 2.91 bits per heavy atom. The summed E-state index contributed by atoms with van der Waals surface area (Å²) in [6, 6.07) is 3.70. The van der Waals surface area contributed by atoms with Crippen LogP contribution in [0.2, 0.25) is 0 Å². The van der Waals surface area contributed by atoms with Gasteiger partial charge in [-0.05, 0) is 37.3 Å². The lowest BCUT2D eigenvalue weighted by atomic mass is 10.2. The quantitative estimate of drug-likeness (QED) is 0.881. The SMILES string of the molecule is Cc1cnc(C(=O)NCc2ccnc(OCC3CC3)c2)cn1. The Hall–Kier alpha value is -2.50. The lowest BCUT2D eigenvalue weighted by Crippen LogP contribution is -2.24. The van der Waals surface area contributed by atoms with Gasteiger partial charge in [0, 0.05) is 25.0 Å². The topological polar surface area (TPSA) is 77.0 Å². The number of hydrogen-bond acceptors (Lipinski definition) is 5. The van der Waals surface area contributed by atoms with E-state index in [9.17, 15) is 4.79 Å². The van der Waals surface area contributed by atoms with Crippen LogP contribution < -0.4 is 10.1 Å². The standard InChI is InChI=1S/C16H18N4O2/c1-11-7-19-14(9-18-11)16(21)20-8-13-4-5-17-15(6-13)22-10-12-2-3-12/h4-7,9,12H,2-3,8,10H2,1H3,(H,20,21). The Balaban J connectivity index is 1.54. The van der Waals surface area contributed by atoms with E-state index in [-0.39, 0.29) is 5.91 Å². The molecule has 0 aromatic carbocycles. The van der Waals surface area contributed by atoms with Crippen LogP contribution in [0.3, 0.4) is 0 Å². The number of aryl methyl sites for hydroxylation is 1. The van der Waals surface area contributed by atoms with Gasteiger partial charge in [0.1, 0.15) is 5.69 Å². The molecule has 3 rings (SSSR count). The third-order valence-electron chi connectivity index (χ3n) is 3.43. The second kappa shape index (κ2) is 6.51. The van der Waals surface area contributed by atoms with E-state index in [0.29, 0.717) is 24.0 Å². The molecule has 1 aliphatic carbocycles. The van der Waals surface area contributed by atoms with E-state index < -0.39 is 0 Å². The third-order valence-corrected chi connectivity index (χ3v) is 3.43. The zero-order valence-corrected chi connectivity index (χ0v) is 12.5. The highest BCUT2D eigenvalue weighted by Gasteiger charge is 2.22. The summed E-state index contributed by atoms with van der Waals surface area (Å²) in [5.41, 5.74) is 2.03. The maximum Gasteiger partial charge on any atom is 0.271 e. The second-order valence-corrected chi connectivity index (χ2v) is 5.48. The van der Waals surface area contributed by atoms with E-state index in [1.807, 2.05) is 19.1 Å². The summed E-state index contributed by atoms with van der Waals surface area (Å²) in [5.74, 6) is 1.05. The number of nitrogens with one attached hydrogen (secondary N) is 1. The van der Waals surface area contributed by atoms with Gasteiger partial charge in [0.05, 0.1) is 18.5 Å². The predicted octanol–water partition coefficient (Wildman–Crippen LogP) is 1.90. The number of nitrogens with zero attached hydrogens (tertiary/aromatic N) is 3. The summed E-state index contributed by atoms with van der Waals surface area (Å²) in [6.07, 6.45) is 7.22. The van der Waals surface area contributed by atoms with Gasteiger partial charge in [0.15, 0.2) is 0 Å². The van der Waals surface area contributed by atoms with Gasteiger partial charge in [-0.25, -0.2) is 9.97 Å². The maximum absolute atomic E-state index is 12.0. The number of pyridine rings is 1. The van der Waals surface area contributed by atoms with Crippen LogP contribution in [0.5, 0.6) is 5.88 Å². The summed E-state index contributed by atoms with van der Waals surface area (Å²) in [6.45, 7) is 2.95. The lowest BCUT2D eigenvalue weighted by molar-refractivity contribution is 0.0945. The Morgan fingerprint density at radius 1 is 1.32 bits per heavy atom. The van der Waals surface area contributed by atoms with Gasteiger partial charge < -0.3 is 10.1 Å². The van der Waals surface area contributed by atoms with Crippen LogP contribution in [0.15, 0.2) is 30.7 Å². The molecule has 1 amide bonds. The molecule has 0 unspecified atom stereocenters. The molecule has 0 aliphatic heterocycles. The van der Waals surface area contributed by atoms with Crippen molar-refractivity contribution in [3.05, 3.63) is 47.7 Å². The second-order valence-electron chi connectivity index (χ2n) is 5.48. The predicted molar refractivity (Wildman–Crippen MR) is 80.4 cm³/mol. The first-order valence-electron chi connectivity index (χ1n) is 7.35. The largest absolute Gasteiger partial charge is 0.477 e. The molecule has 0 bridgehead atoms. The maximum atomic E-state index is 12.0. The van der Waals surface area contributed by atoms with E-state index in [2.05, 4.69) is 20.3 Å². The monoisotopic (exact) mass is 298 g/mol. The fraction of sp³-hybridized carbons (Fsp3) is 0.375. The van der Waals surface area contributed by atoms with Crippen LogP contribution in [0.1, 0.15) is 34.6 Å². The van der Waals surface area contributed by atoms with Gasteiger partial charge in [-0.2, -0.15) is 0 Å². The summed E-state index contributed by atoms with van der Waals surface area (Å²) in [5, 5.41) is 2.81. The Kier molecular flexibility index (Phi) is 4.27. The van der Waals surface area contributed by atoms with Crippen molar-refractivity contribution in [3.63, 3.8) is 0 Å². The van der Waals surface area contributed by atoms with E-state index in [4.69, 9.17) is 4.74 Å². The zero-order chi connectivity index (χ0) is 15.4. The van der Waals surface area contributed by atoms with E-state index >= 15 is 0 Å². The summed E-state index contributed by atoms with van der Waals surface area (Å²) >= 11 is 0. The molecular weight excluding hydrogens is 280 g/mol. The van der Waals surface area contributed by atoms with Crippen LogP contribution in [-0.2, 0) is 6.54 Å². The van der Waals surface area contributed by atoms with Gasteiger partial charge in [0.2, 0.25) is 5.88 Å². The zero-order valence-electron chi connectivity index (χ0n) is 12.5. The first-order valence-corrected chi connectivity index (χ1v) is 7.35. The van der Waals surface area contributed by atoms with Gasteiger partial charge in [-0.1, -0.05) is 0 Å². The number of rotatable bonds is 6. The van der Waals surface area contributed by atoms with Crippen molar-refractivity contribution < 1.29 is 9.53 Å². The number of carbonyl (C=O) groups excluding carboxylic acids is 1. The minimum Gasteiger partial charge on any atom is -0.477 e. The molecule has 2 aromatic rings. The average molecular weight is 298 g/mol. The van der Waals surface area contributed by atoms with Crippen molar-refractivity contribution in [2.45, 2.75) is 26.3 Å². The Labute approximate surface area is 129 Å². The molecule has 6 nitrogen and oxygen atoms in total. The van der Waals surface area contributed by atoms with Crippen LogP contribution in [-0.4, -0.2) is 27.5 Å². The molecule has 1 aliphatic rings. The molecule has 0 spiro atoms. The lowest BCUT2D eigenvalue weighted by Gasteiger charge is -2.07. The first-order chi connectivity index (χ1) is 10.7. The molecule has 0 radical (unpaired) electrons. The van der Waals surface area contributed by atoms with Gasteiger partial charge in [-0.15, -0.1) is 0 Å². The molecular formula is C16H18N4O2. The molecule has 6 heteroatoms. The van der Waals surface area contributed by atoms with Crippen molar-refractivity contribution in [2.75, 3.05) is 6.61 Å². The average Bonchev–Trinajstić information content (AvgIpc) is 3.36. The molecule has 22 heavy (non-hydrogen) atoms.